The van der Waals surface area contributed by atoms with Gasteiger partial charge in [-0.25, -0.2) is 4.68 Å². The lowest BCUT2D eigenvalue weighted by Gasteiger charge is -2.12. The molecule has 0 aliphatic rings. The van der Waals surface area contributed by atoms with Crippen LogP contribution in [0.4, 0.5) is 0 Å². The number of rotatable bonds is 4. The summed E-state index contributed by atoms with van der Waals surface area (Å²) in [6, 6.07) is 9.94. The second kappa shape index (κ2) is 7.77. The van der Waals surface area contributed by atoms with Gasteiger partial charge in [-0.2, -0.15) is 0 Å². The number of hydrogen-bond donors (Lipinski definition) is 0. The predicted molar refractivity (Wildman–Crippen MR) is 99.4 cm³/mol. The molecular weight excluding hydrogens is 393 g/mol. The maximum Gasteiger partial charge on any atom is 0.308 e. The highest BCUT2D eigenvalue weighted by atomic mass is 35.5. The molecule has 2 aromatic carbocycles. The molecule has 0 spiro atoms. The number of carbonyl (C=O) groups is 2. The Morgan fingerprint density at radius 3 is 2.15 bits per heavy atom. The number of halogens is 2. The van der Waals surface area contributed by atoms with Crippen molar-refractivity contribution in [2.75, 3.05) is 0 Å². The van der Waals surface area contributed by atoms with Crippen molar-refractivity contribution in [3.8, 4) is 28.4 Å². The van der Waals surface area contributed by atoms with Crippen molar-refractivity contribution in [3.05, 3.63) is 52.6 Å². The van der Waals surface area contributed by atoms with Gasteiger partial charge in [0.1, 0.15) is 17.2 Å². The van der Waals surface area contributed by atoms with E-state index in [2.05, 4.69) is 10.3 Å². The molecule has 0 fully saturated rings. The first-order chi connectivity index (χ1) is 12.8. The molecule has 0 bridgehead atoms. The van der Waals surface area contributed by atoms with E-state index in [9.17, 15) is 9.59 Å². The molecule has 27 heavy (non-hydrogen) atoms. The SMILES string of the molecule is CC(=O)Oc1cc(Cl)cc(OC(C)=O)c1-c1cn(-c2ccccc2Cl)nn1. The van der Waals surface area contributed by atoms with Crippen LogP contribution >= 0.6 is 23.2 Å². The quantitative estimate of drug-likeness (QED) is 0.480. The fourth-order valence-corrected chi connectivity index (χ4v) is 2.84. The van der Waals surface area contributed by atoms with Crippen molar-refractivity contribution in [2.45, 2.75) is 13.8 Å². The summed E-state index contributed by atoms with van der Waals surface area (Å²) in [7, 11) is 0. The minimum absolute atomic E-state index is 0.0949. The van der Waals surface area contributed by atoms with E-state index in [-0.39, 0.29) is 22.1 Å². The molecule has 9 heteroatoms. The molecule has 0 atom stereocenters. The van der Waals surface area contributed by atoms with Crippen molar-refractivity contribution in [3.63, 3.8) is 0 Å². The molecule has 1 heterocycles. The average molecular weight is 406 g/mol. The first-order valence-electron chi connectivity index (χ1n) is 7.73. The zero-order valence-electron chi connectivity index (χ0n) is 14.3. The Balaban J connectivity index is 2.16. The van der Waals surface area contributed by atoms with Crippen LogP contribution in [-0.2, 0) is 9.59 Å². The average Bonchev–Trinajstić information content (AvgIpc) is 3.03. The molecule has 0 amide bonds. The standard InChI is InChI=1S/C18H13Cl2N3O4/c1-10(24)26-16-7-12(19)8-17(27-11(2)25)18(16)14-9-23(22-21-14)15-6-4-3-5-13(15)20/h3-9H,1-2H3. The highest BCUT2D eigenvalue weighted by molar-refractivity contribution is 6.32. The lowest BCUT2D eigenvalue weighted by atomic mass is 10.1. The number of benzene rings is 2. The third kappa shape index (κ3) is 4.27. The molecule has 7 nitrogen and oxygen atoms in total. The van der Waals surface area contributed by atoms with Gasteiger partial charge >= 0.3 is 11.9 Å². The molecule has 3 aromatic rings. The molecule has 0 saturated carbocycles. The van der Waals surface area contributed by atoms with Crippen LogP contribution in [0.3, 0.4) is 0 Å². The number of aromatic nitrogens is 3. The van der Waals surface area contributed by atoms with E-state index < -0.39 is 11.9 Å². The molecule has 0 saturated heterocycles. The van der Waals surface area contributed by atoms with Crippen LogP contribution < -0.4 is 9.47 Å². The number of ether oxygens (including phenoxy) is 2. The Morgan fingerprint density at radius 2 is 1.59 bits per heavy atom. The highest BCUT2D eigenvalue weighted by Crippen LogP contribution is 2.40. The molecule has 0 aliphatic heterocycles. The molecular formula is C18H13Cl2N3O4. The lowest BCUT2D eigenvalue weighted by Crippen LogP contribution is -2.07. The second-order valence-electron chi connectivity index (χ2n) is 5.46. The third-order valence-corrected chi connectivity index (χ3v) is 3.92. The lowest BCUT2D eigenvalue weighted by molar-refractivity contribution is -0.132. The summed E-state index contributed by atoms with van der Waals surface area (Å²) in [6.45, 7) is 2.49. The molecule has 0 N–H and O–H groups in total. The number of esters is 2. The molecule has 138 valence electrons. The fraction of sp³-hybridized carbons (Fsp3) is 0.111. The summed E-state index contributed by atoms with van der Waals surface area (Å²) in [5.41, 5.74) is 1.18. The number of para-hydroxylation sites is 1. The van der Waals surface area contributed by atoms with E-state index in [1.54, 1.807) is 30.5 Å². The molecule has 3 rings (SSSR count). The Bertz CT molecular complexity index is 996. The Hall–Kier alpha value is -2.90. The maximum absolute atomic E-state index is 11.5. The smallest absolute Gasteiger partial charge is 0.308 e. The van der Waals surface area contributed by atoms with Gasteiger partial charge in [0.15, 0.2) is 0 Å². The molecule has 0 radical (unpaired) electrons. The number of nitrogens with zero attached hydrogens (tertiary/aromatic N) is 3. The first-order valence-corrected chi connectivity index (χ1v) is 8.48. The van der Waals surface area contributed by atoms with Crippen LogP contribution in [0.25, 0.3) is 16.9 Å². The summed E-state index contributed by atoms with van der Waals surface area (Å²) in [5.74, 6) is -0.938. The van der Waals surface area contributed by atoms with E-state index in [4.69, 9.17) is 32.7 Å². The van der Waals surface area contributed by atoms with Crippen molar-refractivity contribution < 1.29 is 19.1 Å². The van der Waals surface area contributed by atoms with E-state index in [0.29, 0.717) is 16.4 Å². The molecule has 1 aromatic heterocycles. The van der Waals surface area contributed by atoms with Gasteiger partial charge in [0.05, 0.1) is 22.5 Å². The van der Waals surface area contributed by atoms with Gasteiger partial charge in [-0.1, -0.05) is 40.5 Å². The second-order valence-corrected chi connectivity index (χ2v) is 6.31. The Labute approximate surface area is 164 Å². The van der Waals surface area contributed by atoms with E-state index in [0.717, 1.165) is 0 Å². The van der Waals surface area contributed by atoms with E-state index in [1.807, 2.05) is 0 Å². The largest absolute Gasteiger partial charge is 0.426 e. The van der Waals surface area contributed by atoms with Gasteiger partial charge in [0, 0.05) is 31.0 Å². The maximum atomic E-state index is 11.5. The van der Waals surface area contributed by atoms with Crippen LogP contribution in [0.5, 0.6) is 11.5 Å². The van der Waals surface area contributed by atoms with Crippen molar-refractivity contribution in [1.29, 1.82) is 0 Å². The van der Waals surface area contributed by atoms with Gasteiger partial charge < -0.3 is 9.47 Å². The van der Waals surface area contributed by atoms with Gasteiger partial charge in [0.25, 0.3) is 0 Å². The summed E-state index contributed by atoms with van der Waals surface area (Å²) in [5, 5.41) is 8.86. The summed E-state index contributed by atoms with van der Waals surface area (Å²) >= 11 is 12.2. The number of hydrogen-bond acceptors (Lipinski definition) is 6. The normalized spacial score (nSPS) is 10.5. The topological polar surface area (TPSA) is 83.3 Å². The number of carbonyl (C=O) groups excluding carboxylic acids is 2. The Kier molecular flexibility index (Phi) is 5.43. The van der Waals surface area contributed by atoms with Crippen LogP contribution in [-0.4, -0.2) is 26.9 Å². The fourth-order valence-electron chi connectivity index (χ4n) is 2.41. The van der Waals surface area contributed by atoms with E-state index >= 15 is 0 Å². The van der Waals surface area contributed by atoms with Gasteiger partial charge in [-0.05, 0) is 12.1 Å². The summed E-state index contributed by atoms with van der Waals surface area (Å²) in [6.07, 6.45) is 1.57. The third-order valence-electron chi connectivity index (χ3n) is 3.39. The van der Waals surface area contributed by atoms with Crippen LogP contribution in [0.15, 0.2) is 42.6 Å². The van der Waals surface area contributed by atoms with Gasteiger partial charge in [-0.3, -0.25) is 9.59 Å². The van der Waals surface area contributed by atoms with Gasteiger partial charge in [0.2, 0.25) is 0 Å². The van der Waals surface area contributed by atoms with Crippen LogP contribution in [0, 0.1) is 0 Å². The highest BCUT2D eigenvalue weighted by Gasteiger charge is 2.21. The zero-order valence-corrected chi connectivity index (χ0v) is 15.8. The first kappa shape index (κ1) is 18.9. The summed E-state index contributed by atoms with van der Waals surface area (Å²) in [4.78, 5) is 23.0. The molecule has 0 unspecified atom stereocenters. The predicted octanol–water partition coefficient (Wildman–Crippen LogP) is 4.09. The van der Waals surface area contributed by atoms with Crippen LogP contribution in [0.1, 0.15) is 13.8 Å². The zero-order chi connectivity index (χ0) is 19.6. The van der Waals surface area contributed by atoms with Crippen molar-refractivity contribution in [1.82, 2.24) is 15.0 Å². The van der Waals surface area contributed by atoms with Crippen molar-refractivity contribution in [2.24, 2.45) is 0 Å². The minimum atomic E-state index is -0.564. The minimum Gasteiger partial charge on any atom is -0.426 e. The van der Waals surface area contributed by atoms with Crippen molar-refractivity contribution >= 4 is 35.1 Å². The van der Waals surface area contributed by atoms with Crippen LogP contribution in [0.2, 0.25) is 10.0 Å². The van der Waals surface area contributed by atoms with E-state index in [1.165, 1.54) is 30.7 Å². The monoisotopic (exact) mass is 405 g/mol. The van der Waals surface area contributed by atoms with Gasteiger partial charge in [-0.15, -0.1) is 5.10 Å². The molecule has 0 aliphatic carbocycles. The summed E-state index contributed by atoms with van der Waals surface area (Å²) < 4.78 is 11.9. The Morgan fingerprint density at radius 1 is 1.00 bits per heavy atom.